The van der Waals surface area contributed by atoms with Gasteiger partial charge < -0.3 is 18.3 Å². The second-order valence-corrected chi connectivity index (χ2v) is 4.91. The second-order valence-electron chi connectivity index (χ2n) is 3.21. The lowest BCUT2D eigenvalue weighted by Gasteiger charge is -2.14. The molecule has 0 rings (SSSR count). The van der Waals surface area contributed by atoms with Crippen molar-refractivity contribution < 1.29 is 23.1 Å². The standard InChI is InChI=1S/C11H22O5Si/c1-6-13-11(14-7-2)9(4)10(12)16-17(5)15-8-3/h17H,6-8H2,1-5H3. The van der Waals surface area contributed by atoms with Crippen molar-refractivity contribution in [2.24, 2.45) is 0 Å². The highest BCUT2D eigenvalue weighted by atomic mass is 28.3. The van der Waals surface area contributed by atoms with Crippen molar-refractivity contribution in [1.82, 2.24) is 0 Å². The number of rotatable bonds is 8. The number of hydrogen-bond acceptors (Lipinski definition) is 5. The van der Waals surface area contributed by atoms with Crippen LogP contribution in [0.5, 0.6) is 0 Å². The van der Waals surface area contributed by atoms with Gasteiger partial charge >= 0.3 is 15.3 Å². The molecule has 0 heterocycles. The maximum atomic E-state index is 11.7. The second kappa shape index (κ2) is 9.06. The third-order valence-electron chi connectivity index (χ3n) is 1.84. The molecule has 0 aliphatic rings. The third-order valence-corrected chi connectivity index (χ3v) is 3.19. The minimum atomic E-state index is -1.89. The van der Waals surface area contributed by atoms with Crippen molar-refractivity contribution in [3.8, 4) is 0 Å². The minimum absolute atomic E-state index is 0.234. The van der Waals surface area contributed by atoms with Crippen LogP contribution >= 0.6 is 0 Å². The van der Waals surface area contributed by atoms with E-state index in [0.717, 1.165) is 0 Å². The van der Waals surface area contributed by atoms with Crippen molar-refractivity contribution in [1.29, 1.82) is 0 Å². The Hall–Kier alpha value is -1.01. The summed E-state index contributed by atoms with van der Waals surface area (Å²) in [7, 11) is -1.89. The van der Waals surface area contributed by atoms with Gasteiger partial charge in [-0.2, -0.15) is 0 Å². The topological polar surface area (TPSA) is 54.0 Å². The molecule has 0 aromatic heterocycles. The molecule has 0 amide bonds. The van der Waals surface area contributed by atoms with Crippen LogP contribution in [0.25, 0.3) is 0 Å². The highest BCUT2D eigenvalue weighted by Gasteiger charge is 2.18. The molecule has 5 nitrogen and oxygen atoms in total. The minimum Gasteiger partial charge on any atom is -0.493 e. The first-order valence-corrected chi connectivity index (χ1v) is 7.95. The summed E-state index contributed by atoms with van der Waals surface area (Å²) in [5.74, 6) is -0.202. The molecule has 100 valence electrons. The molecule has 0 aromatic carbocycles. The fourth-order valence-corrected chi connectivity index (χ4v) is 2.13. The van der Waals surface area contributed by atoms with Gasteiger partial charge in [-0.05, 0) is 34.2 Å². The van der Waals surface area contributed by atoms with Crippen molar-refractivity contribution in [2.45, 2.75) is 34.2 Å². The smallest absolute Gasteiger partial charge is 0.382 e. The Balaban J connectivity index is 4.54. The summed E-state index contributed by atoms with van der Waals surface area (Å²) in [4.78, 5) is 11.7. The van der Waals surface area contributed by atoms with E-state index in [9.17, 15) is 4.79 Å². The average molecular weight is 262 g/mol. The van der Waals surface area contributed by atoms with Crippen LogP contribution < -0.4 is 0 Å². The van der Waals surface area contributed by atoms with E-state index in [4.69, 9.17) is 18.3 Å². The molecule has 0 saturated heterocycles. The predicted molar refractivity (Wildman–Crippen MR) is 66.7 cm³/mol. The number of hydrogen-bond donors (Lipinski definition) is 0. The lowest BCUT2D eigenvalue weighted by atomic mass is 10.3. The average Bonchev–Trinajstić information content (AvgIpc) is 2.28. The fraction of sp³-hybridized carbons (Fsp3) is 0.727. The zero-order valence-electron chi connectivity index (χ0n) is 11.2. The molecule has 0 bridgehead atoms. The Morgan fingerprint density at radius 1 is 1.06 bits per heavy atom. The molecule has 0 aliphatic heterocycles. The molecule has 0 N–H and O–H groups in total. The highest BCUT2D eigenvalue weighted by molar-refractivity contribution is 6.45. The van der Waals surface area contributed by atoms with Crippen LogP contribution in [0.3, 0.4) is 0 Å². The van der Waals surface area contributed by atoms with Gasteiger partial charge in [0.05, 0.1) is 13.2 Å². The maximum absolute atomic E-state index is 11.7. The number of ether oxygens (including phenoxy) is 2. The fourth-order valence-electron chi connectivity index (χ4n) is 1.11. The quantitative estimate of drug-likeness (QED) is 0.379. The Morgan fingerprint density at radius 3 is 2.00 bits per heavy atom. The zero-order valence-corrected chi connectivity index (χ0v) is 12.4. The van der Waals surface area contributed by atoms with Crippen molar-refractivity contribution >= 4 is 15.3 Å². The predicted octanol–water partition coefficient (Wildman–Crippen LogP) is 1.72. The van der Waals surface area contributed by atoms with Gasteiger partial charge in [0, 0.05) is 6.61 Å². The molecule has 0 aliphatic carbocycles. The first-order valence-electron chi connectivity index (χ1n) is 5.85. The van der Waals surface area contributed by atoms with Crippen LogP contribution in [0, 0.1) is 0 Å². The van der Waals surface area contributed by atoms with E-state index in [1.165, 1.54) is 0 Å². The molecule has 17 heavy (non-hydrogen) atoms. The Morgan fingerprint density at radius 2 is 1.59 bits per heavy atom. The van der Waals surface area contributed by atoms with Crippen molar-refractivity contribution in [2.75, 3.05) is 19.8 Å². The Kier molecular flexibility index (Phi) is 8.52. The van der Waals surface area contributed by atoms with Gasteiger partial charge in [0.15, 0.2) is 0 Å². The summed E-state index contributed by atoms with van der Waals surface area (Å²) in [6, 6.07) is 0. The summed E-state index contributed by atoms with van der Waals surface area (Å²) in [5.41, 5.74) is 0.341. The van der Waals surface area contributed by atoms with Gasteiger partial charge in [0.25, 0.3) is 5.95 Å². The summed E-state index contributed by atoms with van der Waals surface area (Å²) in [5, 5.41) is 0. The monoisotopic (exact) mass is 262 g/mol. The van der Waals surface area contributed by atoms with Crippen LogP contribution in [0.15, 0.2) is 11.5 Å². The number of carbonyl (C=O) groups is 1. The van der Waals surface area contributed by atoms with Crippen LogP contribution in [-0.4, -0.2) is 35.1 Å². The third kappa shape index (κ3) is 6.33. The van der Waals surface area contributed by atoms with Crippen LogP contribution in [0.4, 0.5) is 0 Å². The number of carbonyl (C=O) groups excluding carboxylic acids is 1. The van der Waals surface area contributed by atoms with E-state index in [-0.39, 0.29) is 5.95 Å². The van der Waals surface area contributed by atoms with Gasteiger partial charge in [0.1, 0.15) is 5.57 Å². The molecular formula is C11H22O5Si. The van der Waals surface area contributed by atoms with E-state index in [0.29, 0.717) is 25.4 Å². The first-order chi connectivity index (χ1) is 8.06. The molecule has 0 aromatic rings. The van der Waals surface area contributed by atoms with Crippen LogP contribution in [-0.2, 0) is 23.1 Å². The summed E-state index contributed by atoms with van der Waals surface area (Å²) in [6.45, 7) is 10.4. The van der Waals surface area contributed by atoms with Gasteiger partial charge in [-0.15, -0.1) is 0 Å². The van der Waals surface area contributed by atoms with E-state index < -0.39 is 15.3 Å². The van der Waals surface area contributed by atoms with Crippen molar-refractivity contribution in [3.63, 3.8) is 0 Å². The van der Waals surface area contributed by atoms with Gasteiger partial charge in [0.2, 0.25) is 0 Å². The van der Waals surface area contributed by atoms with Crippen LogP contribution in [0.1, 0.15) is 27.7 Å². The summed E-state index contributed by atoms with van der Waals surface area (Å²) >= 11 is 0. The van der Waals surface area contributed by atoms with Gasteiger partial charge in [-0.3, -0.25) is 0 Å². The Labute approximate surface area is 105 Å². The molecule has 0 radical (unpaired) electrons. The molecule has 0 spiro atoms. The van der Waals surface area contributed by atoms with E-state index in [1.807, 2.05) is 20.8 Å². The first kappa shape index (κ1) is 16.0. The molecule has 1 atom stereocenters. The van der Waals surface area contributed by atoms with E-state index in [2.05, 4.69) is 0 Å². The zero-order chi connectivity index (χ0) is 13.3. The molecule has 6 heteroatoms. The molecular weight excluding hydrogens is 240 g/mol. The lowest BCUT2D eigenvalue weighted by Crippen LogP contribution is -2.24. The normalized spacial score (nSPS) is 11.6. The van der Waals surface area contributed by atoms with E-state index >= 15 is 0 Å². The molecule has 1 unspecified atom stereocenters. The largest absolute Gasteiger partial charge is 0.493 e. The van der Waals surface area contributed by atoms with Gasteiger partial charge in [-0.1, -0.05) is 0 Å². The molecule has 0 fully saturated rings. The maximum Gasteiger partial charge on any atom is 0.382 e. The van der Waals surface area contributed by atoms with Crippen molar-refractivity contribution in [3.05, 3.63) is 11.5 Å². The highest BCUT2D eigenvalue weighted by Crippen LogP contribution is 2.10. The SMILES string of the molecule is CCOC(OCC)=C(C)C(=O)O[SiH](C)OCC. The van der Waals surface area contributed by atoms with Crippen LogP contribution in [0.2, 0.25) is 6.55 Å². The van der Waals surface area contributed by atoms with Gasteiger partial charge in [-0.25, -0.2) is 4.79 Å². The summed E-state index contributed by atoms with van der Waals surface area (Å²) in [6.07, 6.45) is 0. The summed E-state index contributed by atoms with van der Waals surface area (Å²) < 4.78 is 20.9. The van der Waals surface area contributed by atoms with E-state index in [1.54, 1.807) is 13.5 Å². The molecule has 0 saturated carbocycles. The lowest BCUT2D eigenvalue weighted by molar-refractivity contribution is -0.132. The Bertz CT molecular complexity index is 257.